The zero-order valence-corrected chi connectivity index (χ0v) is 17.5. The molecule has 1 heterocycles. The Labute approximate surface area is 179 Å². The van der Waals surface area contributed by atoms with Crippen molar-refractivity contribution in [1.29, 1.82) is 0 Å². The molecule has 0 aliphatic carbocycles. The van der Waals surface area contributed by atoms with Gasteiger partial charge in [0.1, 0.15) is 13.2 Å². The molecular formula is C21H17Cl2NO4S. The van der Waals surface area contributed by atoms with E-state index in [1.807, 2.05) is 6.07 Å². The second kappa shape index (κ2) is 8.14. The van der Waals surface area contributed by atoms with Crippen molar-refractivity contribution in [3.8, 4) is 11.5 Å². The molecule has 0 aromatic heterocycles. The largest absolute Gasteiger partial charge is 0.486 e. The highest BCUT2D eigenvalue weighted by Crippen LogP contribution is 2.35. The fraction of sp³-hybridized carbons (Fsp3) is 0.143. The highest BCUT2D eigenvalue weighted by molar-refractivity contribution is 7.92. The molecule has 3 aromatic carbocycles. The van der Waals surface area contributed by atoms with Crippen molar-refractivity contribution < 1.29 is 17.9 Å². The summed E-state index contributed by atoms with van der Waals surface area (Å²) in [6.07, 6.45) is 0. The van der Waals surface area contributed by atoms with Crippen molar-refractivity contribution in [3.05, 3.63) is 82.3 Å². The summed E-state index contributed by atoms with van der Waals surface area (Å²) in [7, 11) is -3.94. The first-order valence-corrected chi connectivity index (χ1v) is 11.1. The molecule has 0 atom stereocenters. The Morgan fingerprint density at radius 3 is 2.38 bits per heavy atom. The molecule has 8 heteroatoms. The van der Waals surface area contributed by atoms with E-state index in [0.29, 0.717) is 46.0 Å². The Morgan fingerprint density at radius 2 is 1.62 bits per heavy atom. The van der Waals surface area contributed by atoms with Gasteiger partial charge in [0.2, 0.25) is 0 Å². The molecule has 5 nitrogen and oxygen atoms in total. The summed E-state index contributed by atoms with van der Waals surface area (Å²) in [5.74, 6) is 0.928. The maximum absolute atomic E-state index is 13.6. The van der Waals surface area contributed by atoms with Gasteiger partial charge in [0.25, 0.3) is 10.0 Å². The zero-order chi connectivity index (χ0) is 20.4. The third-order valence-corrected chi connectivity index (χ3v) is 6.84. The number of sulfonamides is 1. The zero-order valence-electron chi connectivity index (χ0n) is 15.2. The molecule has 0 N–H and O–H groups in total. The second-order valence-corrected chi connectivity index (χ2v) is 9.09. The lowest BCUT2D eigenvalue weighted by Gasteiger charge is -2.26. The van der Waals surface area contributed by atoms with Gasteiger partial charge in [-0.05, 0) is 42.0 Å². The molecule has 0 amide bonds. The Kier molecular flexibility index (Phi) is 5.58. The Balaban J connectivity index is 1.80. The highest BCUT2D eigenvalue weighted by Gasteiger charge is 2.28. The monoisotopic (exact) mass is 449 g/mol. The van der Waals surface area contributed by atoms with Gasteiger partial charge in [-0.25, -0.2) is 8.42 Å². The van der Waals surface area contributed by atoms with Crippen molar-refractivity contribution in [2.45, 2.75) is 11.4 Å². The van der Waals surface area contributed by atoms with E-state index >= 15 is 0 Å². The van der Waals surface area contributed by atoms with E-state index in [2.05, 4.69) is 0 Å². The van der Waals surface area contributed by atoms with E-state index < -0.39 is 10.0 Å². The normalized spacial score (nSPS) is 13.2. The second-order valence-electron chi connectivity index (χ2n) is 6.39. The summed E-state index contributed by atoms with van der Waals surface area (Å²) in [6, 6.07) is 18.4. The van der Waals surface area contributed by atoms with Crippen LogP contribution in [0.1, 0.15) is 5.56 Å². The van der Waals surface area contributed by atoms with Gasteiger partial charge in [-0.2, -0.15) is 0 Å². The molecule has 29 heavy (non-hydrogen) atoms. The van der Waals surface area contributed by atoms with Gasteiger partial charge in [0.15, 0.2) is 11.5 Å². The standard InChI is InChI=1S/C21H17Cl2NO4S/c22-16-5-3-6-17(12-16)24(14-15-4-1-2-7-19(15)23)29(25,26)18-8-9-20-21(13-18)28-11-10-27-20/h1-9,12-13H,10-11,14H2. The predicted molar refractivity (Wildman–Crippen MR) is 114 cm³/mol. The van der Waals surface area contributed by atoms with Crippen LogP contribution >= 0.6 is 23.2 Å². The van der Waals surface area contributed by atoms with Crippen LogP contribution in [0.5, 0.6) is 11.5 Å². The van der Waals surface area contributed by atoms with Gasteiger partial charge < -0.3 is 9.47 Å². The summed E-state index contributed by atoms with van der Waals surface area (Å²) in [5, 5.41) is 0.918. The van der Waals surface area contributed by atoms with Crippen LogP contribution in [-0.2, 0) is 16.6 Å². The Morgan fingerprint density at radius 1 is 0.862 bits per heavy atom. The van der Waals surface area contributed by atoms with Gasteiger partial charge in [0, 0.05) is 16.1 Å². The lowest BCUT2D eigenvalue weighted by atomic mass is 10.2. The van der Waals surface area contributed by atoms with Crippen LogP contribution in [0, 0.1) is 0 Å². The molecular weight excluding hydrogens is 433 g/mol. The quantitative estimate of drug-likeness (QED) is 0.539. The fourth-order valence-corrected chi connectivity index (χ4v) is 4.87. The number of hydrogen-bond donors (Lipinski definition) is 0. The molecule has 1 aliphatic rings. The van der Waals surface area contributed by atoms with Crippen LogP contribution < -0.4 is 13.8 Å². The molecule has 150 valence electrons. The molecule has 4 rings (SSSR count). The first-order chi connectivity index (χ1) is 13.9. The summed E-state index contributed by atoms with van der Waals surface area (Å²) >= 11 is 12.4. The van der Waals surface area contributed by atoms with Gasteiger partial charge >= 0.3 is 0 Å². The topological polar surface area (TPSA) is 55.8 Å². The first-order valence-electron chi connectivity index (χ1n) is 8.86. The average Bonchev–Trinajstić information content (AvgIpc) is 2.72. The van der Waals surface area contributed by atoms with E-state index in [1.165, 1.54) is 16.4 Å². The minimum Gasteiger partial charge on any atom is -0.486 e. The minimum atomic E-state index is -3.94. The summed E-state index contributed by atoms with van der Waals surface area (Å²) in [4.78, 5) is 0.0915. The van der Waals surface area contributed by atoms with Crippen LogP contribution in [0.25, 0.3) is 0 Å². The molecule has 1 aliphatic heterocycles. The molecule has 0 unspecified atom stereocenters. The van der Waals surface area contributed by atoms with Crippen LogP contribution in [0.2, 0.25) is 10.0 Å². The molecule has 0 radical (unpaired) electrons. The third kappa shape index (κ3) is 4.15. The van der Waals surface area contributed by atoms with Gasteiger partial charge in [-0.3, -0.25) is 4.31 Å². The molecule has 0 saturated heterocycles. The number of ether oxygens (including phenoxy) is 2. The van der Waals surface area contributed by atoms with E-state index in [1.54, 1.807) is 48.5 Å². The lowest BCUT2D eigenvalue weighted by Crippen LogP contribution is -2.31. The predicted octanol–water partition coefficient (Wildman–Crippen LogP) is 5.16. The highest BCUT2D eigenvalue weighted by atomic mass is 35.5. The van der Waals surface area contributed by atoms with Gasteiger partial charge in [-0.15, -0.1) is 0 Å². The Hall–Kier alpha value is -2.41. The summed E-state index contributed by atoms with van der Waals surface area (Å²) in [5.41, 5.74) is 1.11. The number of halogens is 2. The van der Waals surface area contributed by atoms with Gasteiger partial charge in [-0.1, -0.05) is 47.5 Å². The molecule has 0 spiro atoms. The lowest BCUT2D eigenvalue weighted by molar-refractivity contribution is 0.171. The van der Waals surface area contributed by atoms with Crippen molar-refractivity contribution in [2.24, 2.45) is 0 Å². The molecule has 3 aromatic rings. The third-order valence-electron chi connectivity index (χ3n) is 4.47. The maximum Gasteiger partial charge on any atom is 0.264 e. The molecule has 0 bridgehead atoms. The number of fused-ring (bicyclic) bond motifs is 1. The van der Waals surface area contributed by atoms with Gasteiger partial charge in [0.05, 0.1) is 17.1 Å². The van der Waals surface area contributed by atoms with E-state index in [9.17, 15) is 8.42 Å². The van der Waals surface area contributed by atoms with Crippen LogP contribution in [0.4, 0.5) is 5.69 Å². The maximum atomic E-state index is 13.6. The number of benzene rings is 3. The smallest absolute Gasteiger partial charge is 0.264 e. The molecule has 0 saturated carbocycles. The SMILES string of the molecule is O=S(=O)(c1ccc2c(c1)OCCO2)N(Cc1ccccc1Cl)c1cccc(Cl)c1. The van der Waals surface area contributed by atoms with E-state index in [4.69, 9.17) is 32.7 Å². The van der Waals surface area contributed by atoms with Crippen molar-refractivity contribution in [3.63, 3.8) is 0 Å². The first kappa shape index (κ1) is 19.9. The number of hydrogen-bond acceptors (Lipinski definition) is 4. The summed E-state index contributed by atoms with van der Waals surface area (Å²) < 4.78 is 39.5. The number of nitrogens with zero attached hydrogens (tertiary/aromatic N) is 1. The van der Waals surface area contributed by atoms with Crippen molar-refractivity contribution in [1.82, 2.24) is 0 Å². The van der Waals surface area contributed by atoms with Crippen molar-refractivity contribution >= 4 is 38.9 Å². The van der Waals surface area contributed by atoms with Crippen LogP contribution in [0.15, 0.2) is 71.6 Å². The van der Waals surface area contributed by atoms with Crippen molar-refractivity contribution in [2.75, 3.05) is 17.5 Å². The van der Waals surface area contributed by atoms with Crippen LogP contribution in [0.3, 0.4) is 0 Å². The Bertz CT molecular complexity index is 1150. The summed E-state index contributed by atoms with van der Waals surface area (Å²) in [6.45, 7) is 0.852. The minimum absolute atomic E-state index is 0.0524. The number of anilines is 1. The molecule has 0 fully saturated rings. The van der Waals surface area contributed by atoms with E-state index in [0.717, 1.165) is 0 Å². The number of rotatable bonds is 5. The van der Waals surface area contributed by atoms with E-state index in [-0.39, 0.29) is 11.4 Å². The fourth-order valence-electron chi connectivity index (χ4n) is 3.04. The average molecular weight is 450 g/mol. The van der Waals surface area contributed by atoms with Crippen LogP contribution in [-0.4, -0.2) is 21.6 Å².